The number of fused-ring (bicyclic) bond motifs is 1. The lowest BCUT2D eigenvalue weighted by Crippen LogP contribution is -2.51. The molecule has 1 aromatic rings. The van der Waals surface area contributed by atoms with Crippen LogP contribution in [-0.4, -0.2) is 30.6 Å². The standard InChI is InChI=1S/C17H26N2O4/c1-16(2,3)23-15(20)19-17(4,5)10-18-9-12-6-7-13-14(8-12)22-11-21-13/h6-8,18H,9-11H2,1-5H3,(H,19,20). The predicted octanol–water partition coefficient (Wildman–Crippen LogP) is 2.81. The second-order valence-corrected chi connectivity index (χ2v) is 7.30. The fourth-order valence-corrected chi connectivity index (χ4v) is 2.19. The molecule has 1 aliphatic rings. The average Bonchev–Trinajstić information content (AvgIpc) is 2.82. The molecule has 2 N–H and O–H groups in total. The van der Waals surface area contributed by atoms with Crippen LogP contribution in [-0.2, 0) is 11.3 Å². The second-order valence-electron chi connectivity index (χ2n) is 7.30. The average molecular weight is 322 g/mol. The van der Waals surface area contributed by atoms with Crippen molar-refractivity contribution >= 4 is 6.09 Å². The Hall–Kier alpha value is -1.95. The first-order chi connectivity index (χ1) is 10.6. The Balaban J connectivity index is 1.79. The fourth-order valence-electron chi connectivity index (χ4n) is 2.19. The Kier molecular flexibility index (Phi) is 5.04. The molecule has 0 bridgehead atoms. The number of ether oxygens (including phenoxy) is 3. The number of rotatable bonds is 5. The quantitative estimate of drug-likeness (QED) is 0.872. The van der Waals surface area contributed by atoms with Crippen LogP contribution in [0.3, 0.4) is 0 Å². The number of hydrogen-bond donors (Lipinski definition) is 2. The summed E-state index contributed by atoms with van der Waals surface area (Å²) in [5, 5.41) is 6.21. The molecule has 0 saturated carbocycles. The Labute approximate surface area is 137 Å². The monoisotopic (exact) mass is 322 g/mol. The lowest BCUT2D eigenvalue weighted by atomic mass is 10.1. The van der Waals surface area contributed by atoms with E-state index in [1.54, 1.807) is 0 Å². The number of nitrogens with one attached hydrogen (secondary N) is 2. The molecule has 23 heavy (non-hydrogen) atoms. The summed E-state index contributed by atoms with van der Waals surface area (Å²) in [6.45, 7) is 11.0. The van der Waals surface area contributed by atoms with Gasteiger partial charge in [-0.05, 0) is 52.3 Å². The zero-order valence-corrected chi connectivity index (χ0v) is 14.5. The number of benzene rings is 1. The maximum Gasteiger partial charge on any atom is 0.408 e. The highest BCUT2D eigenvalue weighted by molar-refractivity contribution is 5.68. The molecule has 1 heterocycles. The number of amides is 1. The number of carbonyl (C=O) groups excluding carboxylic acids is 1. The Morgan fingerprint density at radius 3 is 2.57 bits per heavy atom. The molecule has 2 rings (SSSR count). The highest BCUT2D eigenvalue weighted by atomic mass is 16.7. The van der Waals surface area contributed by atoms with Gasteiger partial charge in [0.05, 0.1) is 5.54 Å². The normalized spacial score (nSPS) is 13.8. The number of carbonyl (C=O) groups is 1. The fraction of sp³-hybridized carbons (Fsp3) is 0.588. The molecule has 0 spiro atoms. The van der Waals surface area contributed by atoms with Gasteiger partial charge in [0.25, 0.3) is 0 Å². The van der Waals surface area contributed by atoms with E-state index in [9.17, 15) is 4.79 Å². The van der Waals surface area contributed by atoms with Gasteiger partial charge in [-0.15, -0.1) is 0 Å². The van der Waals surface area contributed by atoms with Crippen molar-refractivity contribution in [3.05, 3.63) is 23.8 Å². The highest BCUT2D eigenvalue weighted by Gasteiger charge is 2.24. The van der Waals surface area contributed by atoms with Gasteiger partial charge in [0.1, 0.15) is 5.60 Å². The van der Waals surface area contributed by atoms with E-state index >= 15 is 0 Å². The van der Waals surface area contributed by atoms with Crippen LogP contribution in [0, 0.1) is 0 Å². The van der Waals surface area contributed by atoms with E-state index in [1.165, 1.54) is 0 Å². The molecule has 1 aliphatic heterocycles. The van der Waals surface area contributed by atoms with E-state index < -0.39 is 17.2 Å². The van der Waals surface area contributed by atoms with Gasteiger partial charge in [0.15, 0.2) is 11.5 Å². The molecule has 0 unspecified atom stereocenters. The van der Waals surface area contributed by atoms with Crippen LogP contribution in [0.4, 0.5) is 4.79 Å². The first-order valence-electron chi connectivity index (χ1n) is 7.75. The third-order valence-corrected chi connectivity index (χ3v) is 3.17. The molecule has 0 radical (unpaired) electrons. The van der Waals surface area contributed by atoms with Gasteiger partial charge in [-0.2, -0.15) is 0 Å². The van der Waals surface area contributed by atoms with Crippen molar-refractivity contribution in [1.82, 2.24) is 10.6 Å². The van der Waals surface area contributed by atoms with Gasteiger partial charge < -0.3 is 24.8 Å². The van der Waals surface area contributed by atoms with Gasteiger partial charge in [0.2, 0.25) is 6.79 Å². The Morgan fingerprint density at radius 1 is 1.17 bits per heavy atom. The summed E-state index contributed by atoms with van der Waals surface area (Å²) in [6, 6.07) is 5.86. The van der Waals surface area contributed by atoms with Crippen LogP contribution >= 0.6 is 0 Å². The van der Waals surface area contributed by atoms with Crippen molar-refractivity contribution in [2.45, 2.75) is 52.3 Å². The summed E-state index contributed by atoms with van der Waals surface area (Å²) in [5.74, 6) is 1.55. The predicted molar refractivity (Wildman–Crippen MR) is 87.7 cm³/mol. The van der Waals surface area contributed by atoms with E-state index in [0.717, 1.165) is 17.1 Å². The largest absolute Gasteiger partial charge is 0.454 e. The van der Waals surface area contributed by atoms with E-state index in [-0.39, 0.29) is 6.79 Å². The minimum atomic E-state index is -0.500. The van der Waals surface area contributed by atoms with Crippen LogP contribution in [0.25, 0.3) is 0 Å². The van der Waals surface area contributed by atoms with Crippen molar-refractivity contribution < 1.29 is 19.0 Å². The van der Waals surface area contributed by atoms with Crippen LogP contribution in [0.1, 0.15) is 40.2 Å². The molecule has 1 aromatic carbocycles. The molecule has 0 saturated heterocycles. The van der Waals surface area contributed by atoms with Gasteiger partial charge in [0, 0.05) is 13.1 Å². The zero-order chi connectivity index (χ0) is 17.1. The Morgan fingerprint density at radius 2 is 1.87 bits per heavy atom. The van der Waals surface area contributed by atoms with E-state index in [1.807, 2.05) is 52.8 Å². The topological polar surface area (TPSA) is 68.8 Å². The van der Waals surface area contributed by atoms with Crippen LogP contribution < -0.4 is 20.1 Å². The zero-order valence-electron chi connectivity index (χ0n) is 14.5. The molecule has 0 atom stereocenters. The molecule has 6 heteroatoms. The molecule has 0 fully saturated rings. The number of alkyl carbamates (subject to hydrolysis) is 1. The van der Waals surface area contributed by atoms with Gasteiger partial charge in [-0.3, -0.25) is 0 Å². The number of hydrogen-bond acceptors (Lipinski definition) is 5. The second kappa shape index (κ2) is 6.66. The van der Waals surface area contributed by atoms with E-state index in [4.69, 9.17) is 14.2 Å². The lowest BCUT2D eigenvalue weighted by molar-refractivity contribution is 0.0472. The lowest BCUT2D eigenvalue weighted by Gasteiger charge is -2.29. The van der Waals surface area contributed by atoms with Crippen molar-refractivity contribution in [3.8, 4) is 11.5 Å². The smallest absolute Gasteiger partial charge is 0.408 e. The SMILES string of the molecule is CC(C)(CNCc1ccc2c(c1)OCO2)NC(=O)OC(C)(C)C. The summed E-state index contributed by atoms with van der Waals surface area (Å²) in [5.41, 5.74) is 0.181. The minimum absolute atomic E-state index is 0.277. The molecular formula is C17H26N2O4. The molecular weight excluding hydrogens is 296 g/mol. The van der Waals surface area contributed by atoms with Crippen LogP contribution in [0.5, 0.6) is 11.5 Å². The van der Waals surface area contributed by atoms with Gasteiger partial charge >= 0.3 is 6.09 Å². The summed E-state index contributed by atoms with van der Waals surface area (Å²) in [6.07, 6.45) is -0.410. The van der Waals surface area contributed by atoms with Crippen molar-refractivity contribution in [2.24, 2.45) is 0 Å². The summed E-state index contributed by atoms with van der Waals surface area (Å²) < 4.78 is 15.9. The van der Waals surface area contributed by atoms with E-state index in [2.05, 4.69) is 10.6 Å². The van der Waals surface area contributed by atoms with Gasteiger partial charge in [-0.25, -0.2) is 4.79 Å². The third-order valence-electron chi connectivity index (χ3n) is 3.17. The van der Waals surface area contributed by atoms with Crippen LogP contribution in [0.2, 0.25) is 0 Å². The first kappa shape index (κ1) is 17.4. The maximum absolute atomic E-state index is 11.8. The van der Waals surface area contributed by atoms with E-state index in [0.29, 0.717) is 13.1 Å². The molecule has 0 aliphatic carbocycles. The van der Waals surface area contributed by atoms with Crippen molar-refractivity contribution in [3.63, 3.8) is 0 Å². The summed E-state index contributed by atoms with van der Waals surface area (Å²) in [4.78, 5) is 11.8. The molecule has 0 aromatic heterocycles. The molecule has 6 nitrogen and oxygen atoms in total. The van der Waals surface area contributed by atoms with Crippen molar-refractivity contribution in [2.75, 3.05) is 13.3 Å². The maximum atomic E-state index is 11.8. The Bertz CT molecular complexity index is 564. The highest BCUT2D eigenvalue weighted by Crippen LogP contribution is 2.32. The first-order valence-corrected chi connectivity index (χ1v) is 7.75. The molecule has 1 amide bonds. The van der Waals surface area contributed by atoms with Gasteiger partial charge in [-0.1, -0.05) is 6.07 Å². The molecule has 128 valence electrons. The minimum Gasteiger partial charge on any atom is -0.454 e. The third kappa shape index (κ3) is 5.63. The van der Waals surface area contributed by atoms with Crippen molar-refractivity contribution in [1.29, 1.82) is 0 Å². The van der Waals surface area contributed by atoms with Crippen LogP contribution in [0.15, 0.2) is 18.2 Å². The summed E-state index contributed by atoms with van der Waals surface area (Å²) in [7, 11) is 0. The summed E-state index contributed by atoms with van der Waals surface area (Å²) >= 11 is 0.